The van der Waals surface area contributed by atoms with Crippen molar-refractivity contribution < 1.29 is 14.3 Å². The zero-order chi connectivity index (χ0) is 15.1. The molecule has 0 aromatic rings. The van der Waals surface area contributed by atoms with Crippen molar-refractivity contribution in [2.24, 2.45) is 5.92 Å². The minimum Gasteiger partial charge on any atom is -0.366 e. The van der Waals surface area contributed by atoms with Gasteiger partial charge in [0.1, 0.15) is 6.10 Å². The number of unbranched alkanes of at least 4 members (excludes halogenated alkanes) is 1. The lowest BCUT2D eigenvalue weighted by molar-refractivity contribution is -0.148. The maximum absolute atomic E-state index is 12.4. The number of halogens is 1. The Balaban J connectivity index is 0.00000242. The molecule has 6 nitrogen and oxygen atoms in total. The molecule has 2 amide bonds. The van der Waals surface area contributed by atoms with Gasteiger partial charge in [-0.05, 0) is 19.3 Å². The Hall–Kier alpha value is -0.850. The number of likely N-dealkylation sites (tertiary alicyclic amines) is 1. The van der Waals surface area contributed by atoms with Crippen molar-refractivity contribution in [2.75, 3.05) is 39.3 Å². The minimum absolute atomic E-state index is 0. The number of morpholine rings is 1. The van der Waals surface area contributed by atoms with Gasteiger partial charge in [-0.3, -0.25) is 9.59 Å². The molecule has 2 heterocycles. The molecule has 2 saturated heterocycles. The van der Waals surface area contributed by atoms with Crippen molar-refractivity contribution in [3.8, 4) is 0 Å². The third-order valence-electron chi connectivity index (χ3n) is 4.14. The van der Waals surface area contributed by atoms with E-state index in [-0.39, 0.29) is 36.2 Å². The van der Waals surface area contributed by atoms with Crippen LogP contribution in [0.5, 0.6) is 0 Å². The van der Waals surface area contributed by atoms with Crippen LogP contribution in [-0.2, 0) is 14.3 Å². The molecule has 2 aliphatic rings. The van der Waals surface area contributed by atoms with Gasteiger partial charge in [-0.25, -0.2) is 0 Å². The average molecular weight is 334 g/mol. The maximum atomic E-state index is 12.4. The summed E-state index contributed by atoms with van der Waals surface area (Å²) in [5.74, 6) is 0.0352. The monoisotopic (exact) mass is 333 g/mol. The Morgan fingerprint density at radius 1 is 1.41 bits per heavy atom. The van der Waals surface area contributed by atoms with Crippen LogP contribution in [0.15, 0.2) is 0 Å². The number of hydrogen-bond acceptors (Lipinski definition) is 4. The van der Waals surface area contributed by atoms with Gasteiger partial charge in [0.15, 0.2) is 0 Å². The molecular weight excluding hydrogens is 306 g/mol. The van der Waals surface area contributed by atoms with E-state index in [1.807, 2.05) is 0 Å². The number of rotatable bonds is 5. The Morgan fingerprint density at radius 3 is 2.91 bits per heavy atom. The molecule has 0 aromatic heterocycles. The predicted molar refractivity (Wildman–Crippen MR) is 87.1 cm³/mol. The highest BCUT2D eigenvalue weighted by atomic mass is 35.5. The van der Waals surface area contributed by atoms with E-state index >= 15 is 0 Å². The van der Waals surface area contributed by atoms with E-state index < -0.39 is 0 Å². The Bertz CT molecular complexity index is 362. The van der Waals surface area contributed by atoms with Gasteiger partial charge in [0.05, 0.1) is 12.5 Å². The van der Waals surface area contributed by atoms with Crippen LogP contribution >= 0.6 is 12.4 Å². The lowest BCUT2D eigenvalue weighted by Gasteiger charge is -2.35. The van der Waals surface area contributed by atoms with E-state index in [9.17, 15) is 9.59 Å². The molecule has 0 bridgehead atoms. The summed E-state index contributed by atoms with van der Waals surface area (Å²) in [7, 11) is 0. The number of piperidine rings is 1. The third kappa shape index (κ3) is 5.41. The number of ether oxygens (including phenoxy) is 1. The second-order valence-electron chi connectivity index (χ2n) is 5.83. The molecule has 22 heavy (non-hydrogen) atoms. The molecule has 2 N–H and O–H groups in total. The standard InChI is InChI=1S/C15H27N3O3.ClH/c1-2-3-6-17-14(19)12-5-4-8-18(11-12)15(20)13-10-16-7-9-21-13;/h12-13,16H,2-11H2,1H3,(H,17,19);1H. The van der Waals surface area contributed by atoms with Crippen LogP contribution < -0.4 is 10.6 Å². The topological polar surface area (TPSA) is 70.7 Å². The summed E-state index contributed by atoms with van der Waals surface area (Å²) in [6.07, 6.45) is 3.44. The SMILES string of the molecule is CCCCNC(=O)C1CCCN(C(=O)C2CNCCO2)C1.Cl. The Kier molecular flexibility index (Phi) is 8.75. The molecule has 0 saturated carbocycles. The first-order valence-corrected chi connectivity index (χ1v) is 8.11. The third-order valence-corrected chi connectivity index (χ3v) is 4.14. The van der Waals surface area contributed by atoms with Crippen molar-refractivity contribution in [1.29, 1.82) is 0 Å². The van der Waals surface area contributed by atoms with Gasteiger partial charge in [-0.1, -0.05) is 13.3 Å². The number of nitrogens with one attached hydrogen (secondary N) is 2. The molecule has 2 aliphatic heterocycles. The average Bonchev–Trinajstić information content (AvgIpc) is 2.55. The molecule has 2 unspecified atom stereocenters. The summed E-state index contributed by atoms with van der Waals surface area (Å²) in [4.78, 5) is 26.3. The van der Waals surface area contributed by atoms with Crippen molar-refractivity contribution >= 4 is 24.2 Å². The van der Waals surface area contributed by atoms with E-state index in [0.717, 1.165) is 45.3 Å². The van der Waals surface area contributed by atoms with Crippen LogP contribution in [0.3, 0.4) is 0 Å². The van der Waals surface area contributed by atoms with E-state index in [0.29, 0.717) is 19.7 Å². The van der Waals surface area contributed by atoms with Crippen molar-refractivity contribution in [3.05, 3.63) is 0 Å². The first kappa shape index (κ1) is 19.2. The van der Waals surface area contributed by atoms with Crippen molar-refractivity contribution in [1.82, 2.24) is 15.5 Å². The number of amides is 2. The maximum Gasteiger partial charge on any atom is 0.253 e. The van der Waals surface area contributed by atoms with E-state index in [4.69, 9.17) is 4.74 Å². The zero-order valence-electron chi connectivity index (χ0n) is 13.3. The van der Waals surface area contributed by atoms with Gasteiger partial charge in [0.25, 0.3) is 5.91 Å². The van der Waals surface area contributed by atoms with Crippen LogP contribution in [0.4, 0.5) is 0 Å². The zero-order valence-corrected chi connectivity index (χ0v) is 14.1. The number of carbonyl (C=O) groups is 2. The molecule has 7 heteroatoms. The summed E-state index contributed by atoms with van der Waals surface area (Å²) in [6, 6.07) is 0. The van der Waals surface area contributed by atoms with Gasteiger partial charge in [0.2, 0.25) is 5.91 Å². The fourth-order valence-corrected chi connectivity index (χ4v) is 2.85. The number of carbonyl (C=O) groups excluding carboxylic acids is 2. The summed E-state index contributed by atoms with van der Waals surface area (Å²) in [6.45, 7) is 6.04. The van der Waals surface area contributed by atoms with Gasteiger partial charge >= 0.3 is 0 Å². The van der Waals surface area contributed by atoms with Crippen LogP contribution in [0.1, 0.15) is 32.6 Å². The highest BCUT2D eigenvalue weighted by Crippen LogP contribution is 2.18. The summed E-state index contributed by atoms with van der Waals surface area (Å²) in [5.41, 5.74) is 0. The lowest BCUT2D eigenvalue weighted by Crippen LogP contribution is -2.53. The molecule has 2 rings (SSSR count). The smallest absolute Gasteiger partial charge is 0.253 e. The molecule has 0 radical (unpaired) electrons. The van der Waals surface area contributed by atoms with E-state index in [2.05, 4.69) is 17.6 Å². The predicted octanol–water partition coefficient (Wildman–Crippen LogP) is 0.552. The van der Waals surface area contributed by atoms with E-state index in [1.165, 1.54) is 0 Å². The van der Waals surface area contributed by atoms with Crippen LogP contribution in [0.25, 0.3) is 0 Å². The summed E-state index contributed by atoms with van der Waals surface area (Å²) in [5, 5.41) is 6.14. The molecule has 0 aliphatic carbocycles. The number of nitrogens with zero attached hydrogens (tertiary/aromatic N) is 1. The Labute approximate surface area is 138 Å². The fraction of sp³-hybridized carbons (Fsp3) is 0.867. The van der Waals surface area contributed by atoms with Gasteiger partial charge in [-0.2, -0.15) is 0 Å². The normalized spacial score (nSPS) is 25.2. The highest BCUT2D eigenvalue weighted by Gasteiger charge is 2.32. The fourth-order valence-electron chi connectivity index (χ4n) is 2.85. The van der Waals surface area contributed by atoms with Crippen molar-refractivity contribution in [3.63, 3.8) is 0 Å². The van der Waals surface area contributed by atoms with Crippen LogP contribution in [0, 0.1) is 5.92 Å². The summed E-state index contributed by atoms with van der Waals surface area (Å²) >= 11 is 0. The second-order valence-corrected chi connectivity index (χ2v) is 5.83. The Morgan fingerprint density at radius 2 is 2.23 bits per heavy atom. The first-order chi connectivity index (χ1) is 10.2. The minimum atomic E-state index is -0.388. The molecular formula is C15H28ClN3O3. The van der Waals surface area contributed by atoms with Gasteiger partial charge in [0, 0.05) is 32.7 Å². The molecule has 2 fully saturated rings. The quantitative estimate of drug-likeness (QED) is 0.721. The van der Waals surface area contributed by atoms with Crippen LogP contribution in [0.2, 0.25) is 0 Å². The van der Waals surface area contributed by atoms with Crippen LogP contribution in [-0.4, -0.2) is 62.1 Å². The molecule has 0 aromatic carbocycles. The molecule has 128 valence electrons. The first-order valence-electron chi connectivity index (χ1n) is 8.11. The largest absolute Gasteiger partial charge is 0.366 e. The van der Waals surface area contributed by atoms with Gasteiger partial charge < -0.3 is 20.3 Å². The molecule has 0 spiro atoms. The lowest BCUT2D eigenvalue weighted by atomic mass is 9.96. The van der Waals surface area contributed by atoms with Crippen molar-refractivity contribution in [2.45, 2.75) is 38.7 Å². The summed E-state index contributed by atoms with van der Waals surface area (Å²) < 4.78 is 5.51. The highest BCUT2D eigenvalue weighted by molar-refractivity contribution is 5.85. The second kappa shape index (κ2) is 10.0. The van der Waals surface area contributed by atoms with E-state index in [1.54, 1.807) is 4.90 Å². The van der Waals surface area contributed by atoms with Gasteiger partial charge in [-0.15, -0.1) is 12.4 Å². The number of hydrogen-bond donors (Lipinski definition) is 2. The molecule has 2 atom stereocenters.